The van der Waals surface area contributed by atoms with Crippen molar-refractivity contribution in [3.8, 4) is 5.75 Å². The molecule has 0 saturated carbocycles. The summed E-state index contributed by atoms with van der Waals surface area (Å²) in [5.74, 6) is 0.158. The molecule has 0 aliphatic heterocycles. The van der Waals surface area contributed by atoms with Crippen molar-refractivity contribution in [3.05, 3.63) is 36.2 Å². The maximum atomic E-state index is 11.4. The van der Waals surface area contributed by atoms with E-state index in [0.29, 0.717) is 17.0 Å². The summed E-state index contributed by atoms with van der Waals surface area (Å²) in [6, 6.07) is 7.27. The second kappa shape index (κ2) is 3.69. The highest BCUT2D eigenvalue weighted by Crippen LogP contribution is 2.27. The molecule has 0 bridgehead atoms. The fraction of sp³-hybridized carbons (Fsp3) is 0.0833. The van der Waals surface area contributed by atoms with Crippen molar-refractivity contribution in [1.82, 2.24) is 14.6 Å². The third kappa shape index (κ3) is 1.32. The number of ether oxygens (including phenoxy) is 1. The number of primary amides is 1. The van der Waals surface area contributed by atoms with Crippen LogP contribution >= 0.6 is 0 Å². The molecule has 0 unspecified atom stereocenters. The first-order valence-corrected chi connectivity index (χ1v) is 5.31. The number of hydrogen-bond acceptors (Lipinski definition) is 4. The van der Waals surface area contributed by atoms with Gasteiger partial charge in [0.2, 0.25) is 0 Å². The van der Waals surface area contributed by atoms with E-state index in [-0.39, 0.29) is 0 Å². The van der Waals surface area contributed by atoms with Gasteiger partial charge in [-0.25, -0.2) is 0 Å². The minimum atomic E-state index is -0.530. The maximum Gasteiger partial charge on any atom is 0.252 e. The Morgan fingerprint density at radius 2 is 2.28 bits per heavy atom. The quantitative estimate of drug-likeness (QED) is 0.726. The first-order chi connectivity index (χ1) is 8.72. The lowest BCUT2D eigenvalue weighted by molar-refractivity contribution is 0.100. The molecule has 3 rings (SSSR count). The predicted molar refractivity (Wildman–Crippen MR) is 65.6 cm³/mol. The highest BCUT2D eigenvalue weighted by atomic mass is 16.5. The Morgan fingerprint density at radius 1 is 1.44 bits per heavy atom. The number of rotatable bonds is 2. The van der Waals surface area contributed by atoms with E-state index in [2.05, 4.69) is 10.2 Å². The van der Waals surface area contributed by atoms with E-state index < -0.39 is 5.91 Å². The molecular formula is C12H10N4O2. The number of pyridine rings is 1. The van der Waals surface area contributed by atoms with Crippen LogP contribution in [0.15, 0.2) is 30.6 Å². The van der Waals surface area contributed by atoms with Crippen LogP contribution < -0.4 is 10.5 Å². The van der Waals surface area contributed by atoms with E-state index in [9.17, 15) is 4.79 Å². The van der Waals surface area contributed by atoms with Gasteiger partial charge in [0.1, 0.15) is 12.1 Å². The molecule has 0 aliphatic rings. The predicted octanol–water partition coefficient (Wildman–Crippen LogP) is 0.990. The molecular weight excluding hydrogens is 232 g/mol. The molecule has 6 nitrogen and oxygen atoms in total. The van der Waals surface area contributed by atoms with E-state index in [1.165, 1.54) is 6.33 Å². The summed E-state index contributed by atoms with van der Waals surface area (Å²) >= 11 is 0. The average Bonchev–Trinajstić information content (AvgIpc) is 2.85. The van der Waals surface area contributed by atoms with Gasteiger partial charge in [-0.3, -0.25) is 9.20 Å². The fourth-order valence-electron chi connectivity index (χ4n) is 2.06. The number of hydrogen-bond donors (Lipinski definition) is 1. The first-order valence-electron chi connectivity index (χ1n) is 5.31. The molecule has 0 saturated heterocycles. The Kier molecular flexibility index (Phi) is 2.16. The zero-order chi connectivity index (χ0) is 12.7. The molecule has 2 heterocycles. The van der Waals surface area contributed by atoms with Gasteiger partial charge in [-0.05, 0) is 12.1 Å². The monoisotopic (exact) mass is 242 g/mol. The van der Waals surface area contributed by atoms with Crippen molar-refractivity contribution in [3.63, 3.8) is 0 Å². The molecule has 1 amide bonds. The molecule has 0 fully saturated rings. The Balaban J connectivity index is 2.56. The number of para-hydroxylation sites is 1. The van der Waals surface area contributed by atoms with Gasteiger partial charge in [-0.15, -0.1) is 10.2 Å². The van der Waals surface area contributed by atoms with Crippen molar-refractivity contribution in [2.75, 3.05) is 7.11 Å². The smallest absolute Gasteiger partial charge is 0.252 e. The Morgan fingerprint density at radius 3 is 3.00 bits per heavy atom. The van der Waals surface area contributed by atoms with Gasteiger partial charge in [0.05, 0.1) is 18.2 Å². The van der Waals surface area contributed by atoms with Crippen LogP contribution in [0.2, 0.25) is 0 Å². The van der Waals surface area contributed by atoms with Crippen LogP contribution in [-0.4, -0.2) is 27.6 Å². The minimum absolute atomic E-state index is 0.341. The molecule has 90 valence electrons. The zero-order valence-corrected chi connectivity index (χ0v) is 9.62. The molecule has 18 heavy (non-hydrogen) atoms. The van der Waals surface area contributed by atoms with Gasteiger partial charge in [0.25, 0.3) is 5.91 Å². The van der Waals surface area contributed by atoms with Crippen LogP contribution in [0.5, 0.6) is 5.75 Å². The molecule has 1 aromatic carbocycles. The summed E-state index contributed by atoms with van der Waals surface area (Å²) in [4.78, 5) is 11.4. The van der Waals surface area contributed by atoms with Crippen molar-refractivity contribution >= 4 is 22.5 Å². The molecule has 2 N–H and O–H groups in total. The fourth-order valence-corrected chi connectivity index (χ4v) is 2.06. The molecule has 6 heteroatoms. The van der Waals surface area contributed by atoms with Crippen LogP contribution in [0.4, 0.5) is 0 Å². The molecule has 0 atom stereocenters. The first kappa shape index (κ1) is 10.5. The van der Waals surface area contributed by atoms with E-state index >= 15 is 0 Å². The van der Waals surface area contributed by atoms with Crippen LogP contribution in [-0.2, 0) is 0 Å². The highest BCUT2D eigenvalue weighted by Gasteiger charge is 2.14. The zero-order valence-electron chi connectivity index (χ0n) is 9.62. The second-order valence-corrected chi connectivity index (χ2v) is 3.84. The number of nitrogens with zero attached hydrogens (tertiary/aromatic N) is 3. The van der Waals surface area contributed by atoms with E-state index in [0.717, 1.165) is 10.9 Å². The molecule has 0 aliphatic carbocycles. The summed E-state index contributed by atoms with van der Waals surface area (Å²) in [5.41, 5.74) is 6.93. The van der Waals surface area contributed by atoms with Crippen molar-refractivity contribution in [2.45, 2.75) is 0 Å². The normalized spacial score (nSPS) is 10.9. The van der Waals surface area contributed by atoms with E-state index in [4.69, 9.17) is 10.5 Å². The third-order valence-electron chi connectivity index (χ3n) is 2.84. The van der Waals surface area contributed by atoms with Gasteiger partial charge in [0.15, 0.2) is 5.65 Å². The number of methoxy groups -OCH3 is 1. The van der Waals surface area contributed by atoms with Gasteiger partial charge >= 0.3 is 0 Å². The number of benzene rings is 1. The van der Waals surface area contributed by atoms with Crippen LogP contribution in [0, 0.1) is 0 Å². The van der Waals surface area contributed by atoms with Gasteiger partial charge in [0, 0.05) is 5.39 Å². The Bertz CT molecular complexity index is 763. The van der Waals surface area contributed by atoms with Gasteiger partial charge in [-0.2, -0.15) is 0 Å². The average molecular weight is 242 g/mol. The lowest BCUT2D eigenvalue weighted by Gasteiger charge is -2.08. The Hall–Kier alpha value is -2.63. The van der Waals surface area contributed by atoms with Gasteiger partial charge in [-0.1, -0.05) is 12.1 Å². The number of nitrogens with two attached hydrogens (primary N) is 1. The summed E-state index contributed by atoms with van der Waals surface area (Å²) < 4.78 is 7.02. The number of aromatic nitrogens is 3. The number of carbonyl (C=O) groups is 1. The maximum absolute atomic E-state index is 11.4. The van der Waals surface area contributed by atoms with Crippen molar-refractivity contribution in [2.24, 2.45) is 5.73 Å². The standard InChI is InChI=1S/C12H10N4O2/c1-18-9-4-2-3-7-5-8(11(13)17)12-15-14-6-16(12)10(7)9/h2-6H,1H3,(H2,13,17). The SMILES string of the molecule is COc1cccc2cc(C(N)=O)c3nncn3c12. The topological polar surface area (TPSA) is 82.5 Å². The third-order valence-corrected chi connectivity index (χ3v) is 2.84. The molecule has 0 spiro atoms. The number of carbonyl (C=O) groups excluding carboxylic acids is 1. The van der Waals surface area contributed by atoms with Crippen molar-refractivity contribution < 1.29 is 9.53 Å². The van der Waals surface area contributed by atoms with Crippen LogP contribution in [0.3, 0.4) is 0 Å². The molecule has 0 radical (unpaired) electrons. The minimum Gasteiger partial charge on any atom is -0.495 e. The lowest BCUT2D eigenvalue weighted by Crippen LogP contribution is -2.13. The van der Waals surface area contributed by atoms with E-state index in [1.54, 1.807) is 17.6 Å². The summed E-state index contributed by atoms with van der Waals surface area (Å²) in [7, 11) is 1.59. The summed E-state index contributed by atoms with van der Waals surface area (Å²) in [5, 5.41) is 8.58. The molecule has 2 aromatic heterocycles. The van der Waals surface area contributed by atoms with Crippen molar-refractivity contribution in [1.29, 1.82) is 0 Å². The van der Waals surface area contributed by atoms with Crippen LogP contribution in [0.25, 0.3) is 16.6 Å². The summed E-state index contributed by atoms with van der Waals surface area (Å²) in [6.07, 6.45) is 1.53. The largest absolute Gasteiger partial charge is 0.495 e. The van der Waals surface area contributed by atoms with Gasteiger partial charge < -0.3 is 10.5 Å². The highest BCUT2D eigenvalue weighted by molar-refractivity contribution is 6.03. The molecule has 3 aromatic rings. The number of fused-ring (bicyclic) bond motifs is 3. The summed E-state index contributed by atoms with van der Waals surface area (Å²) in [6.45, 7) is 0. The Labute approximate surface area is 102 Å². The van der Waals surface area contributed by atoms with Crippen LogP contribution in [0.1, 0.15) is 10.4 Å². The number of amides is 1. The second-order valence-electron chi connectivity index (χ2n) is 3.84. The lowest BCUT2D eigenvalue weighted by atomic mass is 10.1. The van der Waals surface area contributed by atoms with E-state index in [1.807, 2.05) is 18.2 Å².